The van der Waals surface area contributed by atoms with Crippen molar-refractivity contribution in [1.82, 2.24) is 0 Å². The van der Waals surface area contributed by atoms with Gasteiger partial charge in [-0.05, 0) is 40.5 Å². The van der Waals surface area contributed by atoms with Crippen LogP contribution in [-0.4, -0.2) is 0 Å². The van der Waals surface area contributed by atoms with Crippen molar-refractivity contribution in [2.75, 3.05) is 0 Å². The lowest BCUT2D eigenvalue weighted by atomic mass is 10.1. The SMILES string of the molecule is C[C@H](N)c1ccc(Cl)c(Br)c1. The molecule has 60 valence electrons. The second kappa shape index (κ2) is 3.57. The number of benzene rings is 1. The molecule has 0 saturated carbocycles. The number of halogens is 2. The molecule has 1 aromatic carbocycles. The number of nitrogens with two attached hydrogens (primary N) is 1. The van der Waals surface area contributed by atoms with Gasteiger partial charge in [0.05, 0.1) is 5.02 Å². The predicted octanol–water partition coefficient (Wildman–Crippen LogP) is 3.12. The Hall–Kier alpha value is -0.0500. The standard InChI is InChI=1S/C8H9BrClN/c1-5(11)6-2-3-8(10)7(9)4-6/h2-5H,11H2,1H3/t5-/m0/s1. The van der Waals surface area contributed by atoms with E-state index >= 15 is 0 Å². The zero-order chi connectivity index (χ0) is 8.43. The number of hydrogen-bond donors (Lipinski definition) is 1. The molecule has 0 bridgehead atoms. The first-order valence-corrected chi connectivity index (χ1v) is 4.49. The summed E-state index contributed by atoms with van der Waals surface area (Å²) in [5.41, 5.74) is 6.75. The van der Waals surface area contributed by atoms with Gasteiger partial charge in [0.25, 0.3) is 0 Å². The van der Waals surface area contributed by atoms with E-state index in [4.69, 9.17) is 17.3 Å². The Balaban J connectivity index is 3.05. The molecule has 1 rings (SSSR count). The summed E-state index contributed by atoms with van der Waals surface area (Å²) in [6.07, 6.45) is 0. The average Bonchev–Trinajstić information content (AvgIpc) is 1.94. The first-order valence-electron chi connectivity index (χ1n) is 3.32. The summed E-state index contributed by atoms with van der Waals surface area (Å²) < 4.78 is 0.897. The third kappa shape index (κ3) is 2.19. The van der Waals surface area contributed by atoms with Gasteiger partial charge in [-0.25, -0.2) is 0 Å². The quantitative estimate of drug-likeness (QED) is 0.794. The van der Waals surface area contributed by atoms with Crippen molar-refractivity contribution in [3.8, 4) is 0 Å². The van der Waals surface area contributed by atoms with Crippen LogP contribution in [0.15, 0.2) is 22.7 Å². The smallest absolute Gasteiger partial charge is 0.0548 e. The molecule has 0 amide bonds. The maximum absolute atomic E-state index is 5.80. The molecule has 0 heterocycles. The van der Waals surface area contributed by atoms with Crippen LogP contribution >= 0.6 is 27.5 Å². The van der Waals surface area contributed by atoms with Gasteiger partial charge in [0, 0.05) is 10.5 Å². The summed E-state index contributed by atoms with van der Waals surface area (Å²) in [6, 6.07) is 5.76. The van der Waals surface area contributed by atoms with Crippen molar-refractivity contribution in [3.63, 3.8) is 0 Å². The van der Waals surface area contributed by atoms with E-state index < -0.39 is 0 Å². The Morgan fingerprint density at radius 1 is 1.55 bits per heavy atom. The van der Waals surface area contributed by atoms with Gasteiger partial charge < -0.3 is 5.73 Å². The number of rotatable bonds is 1. The lowest BCUT2D eigenvalue weighted by Gasteiger charge is -2.05. The van der Waals surface area contributed by atoms with E-state index in [1.165, 1.54) is 0 Å². The van der Waals surface area contributed by atoms with E-state index in [-0.39, 0.29) is 6.04 Å². The van der Waals surface area contributed by atoms with E-state index in [2.05, 4.69) is 15.9 Å². The van der Waals surface area contributed by atoms with Crippen LogP contribution in [-0.2, 0) is 0 Å². The van der Waals surface area contributed by atoms with E-state index in [1.54, 1.807) is 0 Å². The van der Waals surface area contributed by atoms with Crippen molar-refractivity contribution in [2.24, 2.45) is 5.73 Å². The lowest BCUT2D eigenvalue weighted by Crippen LogP contribution is -2.04. The Kier molecular flexibility index (Phi) is 2.93. The van der Waals surface area contributed by atoms with Gasteiger partial charge in [-0.3, -0.25) is 0 Å². The highest BCUT2D eigenvalue weighted by molar-refractivity contribution is 9.10. The van der Waals surface area contributed by atoms with E-state index in [0.717, 1.165) is 15.1 Å². The molecule has 3 heteroatoms. The molecule has 0 spiro atoms. The molecular weight excluding hydrogens is 225 g/mol. The second-order valence-electron chi connectivity index (χ2n) is 2.46. The van der Waals surface area contributed by atoms with Gasteiger partial charge in [0.2, 0.25) is 0 Å². The Morgan fingerprint density at radius 2 is 2.18 bits per heavy atom. The molecule has 0 aliphatic rings. The van der Waals surface area contributed by atoms with E-state index in [0.29, 0.717) is 0 Å². The summed E-state index contributed by atoms with van der Waals surface area (Å²) >= 11 is 9.12. The van der Waals surface area contributed by atoms with Gasteiger partial charge >= 0.3 is 0 Å². The van der Waals surface area contributed by atoms with Crippen molar-refractivity contribution >= 4 is 27.5 Å². The van der Waals surface area contributed by atoms with E-state index in [1.807, 2.05) is 25.1 Å². The fourth-order valence-electron chi connectivity index (χ4n) is 0.796. The van der Waals surface area contributed by atoms with Crippen LogP contribution in [0, 0.1) is 0 Å². The largest absolute Gasteiger partial charge is 0.324 e. The molecule has 0 fully saturated rings. The zero-order valence-electron chi connectivity index (χ0n) is 6.14. The molecule has 0 saturated heterocycles. The van der Waals surface area contributed by atoms with Gasteiger partial charge in [-0.1, -0.05) is 17.7 Å². The third-order valence-electron chi connectivity index (χ3n) is 1.47. The van der Waals surface area contributed by atoms with Crippen molar-refractivity contribution in [1.29, 1.82) is 0 Å². The minimum Gasteiger partial charge on any atom is -0.324 e. The molecule has 1 atom stereocenters. The Bertz CT molecular complexity index is 260. The summed E-state index contributed by atoms with van der Waals surface area (Å²) in [5.74, 6) is 0. The molecule has 0 aliphatic heterocycles. The molecule has 0 unspecified atom stereocenters. The molecule has 0 radical (unpaired) electrons. The third-order valence-corrected chi connectivity index (χ3v) is 2.68. The average molecular weight is 235 g/mol. The van der Waals surface area contributed by atoms with Crippen LogP contribution in [0.5, 0.6) is 0 Å². The minimum atomic E-state index is 0.0589. The van der Waals surface area contributed by atoms with Gasteiger partial charge in [0.1, 0.15) is 0 Å². The Morgan fingerprint density at radius 3 is 2.64 bits per heavy atom. The van der Waals surface area contributed by atoms with Crippen molar-refractivity contribution < 1.29 is 0 Å². The van der Waals surface area contributed by atoms with E-state index in [9.17, 15) is 0 Å². The number of hydrogen-bond acceptors (Lipinski definition) is 1. The topological polar surface area (TPSA) is 26.0 Å². The summed E-state index contributed by atoms with van der Waals surface area (Å²) in [7, 11) is 0. The minimum absolute atomic E-state index is 0.0589. The van der Waals surface area contributed by atoms with Gasteiger partial charge in [0.15, 0.2) is 0 Å². The molecule has 11 heavy (non-hydrogen) atoms. The molecule has 1 aromatic rings. The second-order valence-corrected chi connectivity index (χ2v) is 3.72. The maximum atomic E-state index is 5.80. The highest BCUT2D eigenvalue weighted by Crippen LogP contribution is 2.24. The monoisotopic (exact) mass is 233 g/mol. The van der Waals surface area contributed by atoms with Crippen LogP contribution in [0.25, 0.3) is 0 Å². The lowest BCUT2D eigenvalue weighted by molar-refractivity contribution is 0.817. The zero-order valence-corrected chi connectivity index (χ0v) is 8.48. The molecule has 1 nitrogen and oxygen atoms in total. The highest BCUT2D eigenvalue weighted by Gasteiger charge is 2.01. The summed E-state index contributed by atoms with van der Waals surface area (Å²) in [4.78, 5) is 0. The van der Waals surface area contributed by atoms with Crippen LogP contribution in [0.1, 0.15) is 18.5 Å². The first kappa shape index (κ1) is 9.04. The van der Waals surface area contributed by atoms with Gasteiger partial charge in [-0.15, -0.1) is 0 Å². The predicted molar refractivity (Wildman–Crippen MR) is 51.8 cm³/mol. The molecule has 0 aromatic heterocycles. The van der Waals surface area contributed by atoms with Crippen LogP contribution in [0.4, 0.5) is 0 Å². The highest BCUT2D eigenvalue weighted by atomic mass is 79.9. The fourth-order valence-corrected chi connectivity index (χ4v) is 1.31. The first-order chi connectivity index (χ1) is 5.11. The van der Waals surface area contributed by atoms with Crippen LogP contribution in [0.3, 0.4) is 0 Å². The summed E-state index contributed by atoms with van der Waals surface area (Å²) in [5, 5.41) is 0.717. The van der Waals surface area contributed by atoms with Crippen LogP contribution < -0.4 is 5.73 Å². The fraction of sp³-hybridized carbons (Fsp3) is 0.250. The summed E-state index contributed by atoms with van der Waals surface area (Å²) in [6.45, 7) is 1.94. The normalized spacial score (nSPS) is 13.1. The maximum Gasteiger partial charge on any atom is 0.0548 e. The Labute approximate surface area is 79.7 Å². The van der Waals surface area contributed by atoms with Crippen LogP contribution in [0.2, 0.25) is 5.02 Å². The van der Waals surface area contributed by atoms with Crippen molar-refractivity contribution in [3.05, 3.63) is 33.3 Å². The molecule has 2 N–H and O–H groups in total. The molecule has 0 aliphatic carbocycles. The van der Waals surface area contributed by atoms with Crippen molar-refractivity contribution in [2.45, 2.75) is 13.0 Å². The van der Waals surface area contributed by atoms with Gasteiger partial charge in [-0.2, -0.15) is 0 Å². The molecular formula is C8H9BrClN.